The minimum absolute atomic E-state index is 0.324. The molecule has 0 radical (unpaired) electrons. The van der Waals surface area contributed by atoms with Crippen molar-refractivity contribution in [3.63, 3.8) is 0 Å². The summed E-state index contributed by atoms with van der Waals surface area (Å²) in [5.74, 6) is 0. The van der Waals surface area contributed by atoms with Gasteiger partial charge in [-0.15, -0.1) is 0 Å². The summed E-state index contributed by atoms with van der Waals surface area (Å²) in [6.45, 7) is 4.43. The summed E-state index contributed by atoms with van der Waals surface area (Å²) in [5.41, 5.74) is 10.3. The monoisotopic (exact) mass is 232 g/mol. The quantitative estimate of drug-likeness (QED) is 0.837. The molecule has 2 atom stereocenters. The molecule has 1 aromatic carbocycles. The molecular weight excluding hydrogens is 208 g/mol. The number of rotatable bonds is 4. The molecule has 0 aromatic heterocycles. The summed E-state index contributed by atoms with van der Waals surface area (Å²) in [4.78, 5) is 0. The number of nitrogens with one attached hydrogen (secondary N) is 1. The van der Waals surface area contributed by atoms with Crippen LogP contribution in [0, 0.1) is 0 Å². The van der Waals surface area contributed by atoms with Crippen molar-refractivity contribution in [2.75, 3.05) is 5.32 Å². The Morgan fingerprint density at radius 3 is 2.29 bits per heavy atom. The highest BCUT2D eigenvalue weighted by Gasteiger charge is 2.24. The van der Waals surface area contributed by atoms with E-state index in [-0.39, 0.29) is 0 Å². The Kier molecular flexibility index (Phi) is 4.06. The molecule has 94 valence electrons. The summed E-state index contributed by atoms with van der Waals surface area (Å²) in [6.07, 6.45) is 5.79. The maximum atomic E-state index is 6.15. The molecule has 2 unspecified atom stereocenters. The predicted molar refractivity (Wildman–Crippen MR) is 74.4 cm³/mol. The van der Waals surface area contributed by atoms with Crippen LogP contribution in [0.5, 0.6) is 0 Å². The number of hydrogen-bond donors (Lipinski definition) is 2. The summed E-state index contributed by atoms with van der Waals surface area (Å²) in [7, 11) is 0. The minimum atomic E-state index is 0.324. The molecule has 1 aliphatic rings. The van der Waals surface area contributed by atoms with E-state index in [0.29, 0.717) is 12.1 Å². The number of benzene rings is 1. The first-order valence-corrected chi connectivity index (χ1v) is 6.89. The van der Waals surface area contributed by atoms with Gasteiger partial charge < -0.3 is 11.1 Å². The largest absolute Gasteiger partial charge is 0.380 e. The van der Waals surface area contributed by atoms with E-state index < -0.39 is 0 Å². The second kappa shape index (κ2) is 5.54. The van der Waals surface area contributed by atoms with E-state index in [2.05, 4.69) is 37.4 Å². The van der Waals surface area contributed by atoms with Crippen LogP contribution in [0.3, 0.4) is 0 Å². The highest BCUT2D eigenvalue weighted by Crippen LogP contribution is 2.27. The molecule has 2 nitrogen and oxygen atoms in total. The fourth-order valence-electron chi connectivity index (χ4n) is 2.78. The molecule has 1 aromatic rings. The van der Waals surface area contributed by atoms with Crippen molar-refractivity contribution in [2.45, 2.75) is 58.0 Å². The second-order valence-corrected chi connectivity index (χ2v) is 5.00. The first kappa shape index (κ1) is 12.4. The van der Waals surface area contributed by atoms with Crippen LogP contribution in [0.15, 0.2) is 18.2 Å². The van der Waals surface area contributed by atoms with Gasteiger partial charge >= 0.3 is 0 Å². The zero-order valence-corrected chi connectivity index (χ0v) is 11.0. The number of nitrogens with two attached hydrogens (primary N) is 1. The van der Waals surface area contributed by atoms with Crippen LogP contribution in [0.25, 0.3) is 0 Å². The van der Waals surface area contributed by atoms with Crippen molar-refractivity contribution in [1.29, 1.82) is 0 Å². The van der Waals surface area contributed by atoms with Crippen molar-refractivity contribution in [1.82, 2.24) is 0 Å². The van der Waals surface area contributed by atoms with Gasteiger partial charge in [0.1, 0.15) is 0 Å². The lowest BCUT2D eigenvalue weighted by atomic mass is 10.0. The first-order chi connectivity index (χ1) is 8.26. The van der Waals surface area contributed by atoms with Crippen molar-refractivity contribution < 1.29 is 0 Å². The molecule has 0 heterocycles. The number of hydrogen-bond acceptors (Lipinski definition) is 2. The summed E-state index contributed by atoms with van der Waals surface area (Å²) in [6, 6.07) is 7.40. The Balaban J connectivity index is 2.23. The highest BCUT2D eigenvalue weighted by atomic mass is 15.0. The fourth-order valence-corrected chi connectivity index (χ4v) is 2.78. The van der Waals surface area contributed by atoms with Crippen molar-refractivity contribution in [2.24, 2.45) is 5.73 Å². The van der Waals surface area contributed by atoms with Crippen LogP contribution in [0.2, 0.25) is 0 Å². The third-order valence-corrected chi connectivity index (χ3v) is 3.90. The lowest BCUT2D eigenvalue weighted by molar-refractivity contribution is 0.636. The van der Waals surface area contributed by atoms with Gasteiger partial charge in [0.25, 0.3) is 0 Å². The van der Waals surface area contributed by atoms with Crippen molar-refractivity contribution in [3.8, 4) is 0 Å². The number of para-hydroxylation sites is 1. The van der Waals surface area contributed by atoms with E-state index in [4.69, 9.17) is 5.73 Å². The van der Waals surface area contributed by atoms with Gasteiger partial charge in [0.2, 0.25) is 0 Å². The Hall–Kier alpha value is -1.02. The van der Waals surface area contributed by atoms with Gasteiger partial charge in [0.05, 0.1) is 0 Å². The van der Waals surface area contributed by atoms with Crippen LogP contribution >= 0.6 is 0 Å². The SMILES string of the molecule is CCc1cccc(CC)c1NC1CCCC1N. The van der Waals surface area contributed by atoms with Gasteiger partial charge in [-0.1, -0.05) is 32.0 Å². The topological polar surface area (TPSA) is 38.0 Å². The van der Waals surface area contributed by atoms with E-state index in [0.717, 1.165) is 19.3 Å². The molecule has 1 aliphatic carbocycles. The molecule has 1 saturated carbocycles. The highest BCUT2D eigenvalue weighted by molar-refractivity contribution is 5.58. The van der Waals surface area contributed by atoms with Crippen LogP contribution in [-0.4, -0.2) is 12.1 Å². The molecule has 0 bridgehead atoms. The Morgan fingerprint density at radius 1 is 1.18 bits per heavy atom. The Morgan fingerprint density at radius 2 is 1.82 bits per heavy atom. The lowest BCUT2D eigenvalue weighted by Gasteiger charge is -2.23. The predicted octanol–water partition coefficient (Wildman–Crippen LogP) is 3.10. The van der Waals surface area contributed by atoms with Crippen LogP contribution in [0.1, 0.15) is 44.2 Å². The van der Waals surface area contributed by atoms with Crippen molar-refractivity contribution >= 4 is 5.69 Å². The molecule has 2 heteroatoms. The summed E-state index contributed by atoms with van der Waals surface area (Å²) < 4.78 is 0. The molecule has 17 heavy (non-hydrogen) atoms. The van der Waals surface area contributed by atoms with E-state index in [1.807, 2.05) is 0 Å². The van der Waals surface area contributed by atoms with Gasteiger partial charge in [0, 0.05) is 17.8 Å². The first-order valence-electron chi connectivity index (χ1n) is 6.89. The normalized spacial score (nSPS) is 23.9. The average molecular weight is 232 g/mol. The van der Waals surface area contributed by atoms with Crippen LogP contribution in [0.4, 0.5) is 5.69 Å². The van der Waals surface area contributed by atoms with E-state index in [9.17, 15) is 0 Å². The Labute approximate surface area is 105 Å². The summed E-state index contributed by atoms with van der Waals surface area (Å²) >= 11 is 0. The van der Waals surface area contributed by atoms with E-state index in [1.165, 1.54) is 29.7 Å². The Bertz CT molecular complexity index is 351. The molecule has 1 fully saturated rings. The molecule has 2 rings (SSSR count). The molecule has 0 saturated heterocycles. The number of aryl methyl sites for hydroxylation is 2. The zero-order chi connectivity index (χ0) is 12.3. The molecule has 0 amide bonds. The third-order valence-electron chi connectivity index (χ3n) is 3.90. The van der Waals surface area contributed by atoms with Gasteiger partial charge in [-0.2, -0.15) is 0 Å². The maximum Gasteiger partial charge on any atom is 0.0412 e. The second-order valence-electron chi connectivity index (χ2n) is 5.00. The van der Waals surface area contributed by atoms with E-state index >= 15 is 0 Å². The van der Waals surface area contributed by atoms with E-state index in [1.54, 1.807) is 0 Å². The van der Waals surface area contributed by atoms with Gasteiger partial charge in [0.15, 0.2) is 0 Å². The average Bonchev–Trinajstić information content (AvgIpc) is 2.75. The van der Waals surface area contributed by atoms with Crippen LogP contribution in [-0.2, 0) is 12.8 Å². The van der Waals surface area contributed by atoms with Gasteiger partial charge in [-0.3, -0.25) is 0 Å². The molecular formula is C15H24N2. The molecule has 0 spiro atoms. The third kappa shape index (κ3) is 2.63. The lowest BCUT2D eigenvalue weighted by Crippen LogP contribution is -2.35. The van der Waals surface area contributed by atoms with Gasteiger partial charge in [-0.05, 0) is 43.2 Å². The minimum Gasteiger partial charge on any atom is -0.380 e. The maximum absolute atomic E-state index is 6.15. The molecule has 0 aliphatic heterocycles. The van der Waals surface area contributed by atoms with Gasteiger partial charge in [-0.25, -0.2) is 0 Å². The van der Waals surface area contributed by atoms with Crippen molar-refractivity contribution in [3.05, 3.63) is 29.3 Å². The molecule has 3 N–H and O–H groups in total. The standard InChI is InChI=1S/C15H24N2/c1-3-11-7-5-8-12(4-2)15(11)17-14-10-6-9-13(14)16/h5,7-8,13-14,17H,3-4,6,9-10,16H2,1-2H3. The smallest absolute Gasteiger partial charge is 0.0412 e. The number of anilines is 1. The summed E-state index contributed by atoms with van der Waals surface area (Å²) in [5, 5.41) is 3.70. The zero-order valence-electron chi connectivity index (χ0n) is 11.0. The van der Waals surface area contributed by atoms with Crippen LogP contribution < -0.4 is 11.1 Å². The fraction of sp³-hybridized carbons (Fsp3) is 0.600.